The van der Waals surface area contributed by atoms with Crippen LogP contribution in [0.5, 0.6) is 0 Å². The molecule has 2 aliphatic rings. The van der Waals surface area contributed by atoms with Crippen molar-refractivity contribution in [3.63, 3.8) is 0 Å². The summed E-state index contributed by atoms with van der Waals surface area (Å²) in [5.74, 6) is 0.805. The van der Waals surface area contributed by atoms with Crippen LogP contribution in [0.4, 0.5) is 29.5 Å². The average Bonchev–Trinajstić information content (AvgIpc) is 3.23. The number of methoxy groups -OCH3 is 1. The lowest BCUT2D eigenvalue weighted by atomic mass is 10.1. The molecule has 1 aromatic carbocycles. The Morgan fingerprint density at radius 3 is 2.49 bits per heavy atom. The van der Waals surface area contributed by atoms with E-state index >= 15 is 0 Å². The number of pyridine rings is 1. The van der Waals surface area contributed by atoms with E-state index in [9.17, 15) is 18.0 Å². The van der Waals surface area contributed by atoms with Crippen LogP contribution in [0.1, 0.15) is 11.1 Å². The van der Waals surface area contributed by atoms with Gasteiger partial charge in [0.05, 0.1) is 37.6 Å². The quantitative estimate of drug-likeness (QED) is 0.596. The van der Waals surface area contributed by atoms with Crippen molar-refractivity contribution in [2.45, 2.75) is 18.8 Å². The molecule has 2 saturated heterocycles. The highest BCUT2D eigenvalue weighted by atomic mass is 32.1. The number of carbonyl (C=O) groups excluding carboxylic acids is 1. The molecule has 2 aliphatic heterocycles. The van der Waals surface area contributed by atoms with Gasteiger partial charge in [-0.25, -0.2) is 9.78 Å². The van der Waals surface area contributed by atoms with Gasteiger partial charge in [-0.05, 0) is 42.0 Å². The summed E-state index contributed by atoms with van der Waals surface area (Å²) >= 11 is 4.93. The van der Waals surface area contributed by atoms with E-state index in [0.29, 0.717) is 25.3 Å². The molecule has 2 aromatic rings. The first-order valence-electron chi connectivity index (χ1n) is 11.1. The number of benzene rings is 1. The molecule has 1 atom stereocenters. The van der Waals surface area contributed by atoms with E-state index in [1.54, 1.807) is 6.20 Å². The van der Waals surface area contributed by atoms with Gasteiger partial charge in [0.1, 0.15) is 11.9 Å². The first-order chi connectivity index (χ1) is 16.7. The first kappa shape index (κ1) is 25.0. The number of rotatable bonds is 6. The second-order valence-electron chi connectivity index (χ2n) is 8.32. The molecule has 0 bridgehead atoms. The van der Waals surface area contributed by atoms with Gasteiger partial charge in [-0.1, -0.05) is 12.1 Å². The van der Waals surface area contributed by atoms with Gasteiger partial charge in [0.2, 0.25) is 0 Å². The number of ether oxygens (including phenoxy) is 2. The molecular formula is C23H26F3N5O3S. The minimum atomic E-state index is -4.32. The Morgan fingerprint density at radius 1 is 1.17 bits per heavy atom. The van der Waals surface area contributed by atoms with Crippen LogP contribution in [0.2, 0.25) is 0 Å². The number of aromatic nitrogens is 1. The molecule has 188 valence electrons. The predicted octanol–water partition coefficient (Wildman–Crippen LogP) is 3.27. The number of hydrogen-bond acceptors (Lipinski definition) is 7. The average molecular weight is 510 g/mol. The number of halogens is 3. The van der Waals surface area contributed by atoms with Gasteiger partial charge < -0.3 is 19.7 Å². The number of piperazine rings is 1. The van der Waals surface area contributed by atoms with Gasteiger partial charge in [0.25, 0.3) is 5.17 Å². The molecule has 1 N–H and O–H groups in total. The number of carbonyl (C=O) groups is 1. The van der Waals surface area contributed by atoms with Gasteiger partial charge in [-0.15, -0.1) is 0 Å². The fourth-order valence-electron chi connectivity index (χ4n) is 4.03. The number of amides is 1. The smallest absolute Gasteiger partial charge is 0.416 e. The predicted molar refractivity (Wildman–Crippen MR) is 128 cm³/mol. The molecule has 2 fully saturated rings. The Balaban J connectivity index is 1.27. The molecule has 35 heavy (non-hydrogen) atoms. The van der Waals surface area contributed by atoms with E-state index in [1.807, 2.05) is 12.1 Å². The van der Waals surface area contributed by atoms with Gasteiger partial charge in [0, 0.05) is 32.7 Å². The van der Waals surface area contributed by atoms with Crippen LogP contribution in [0.25, 0.3) is 0 Å². The largest absolute Gasteiger partial charge is 0.474 e. The molecule has 4 rings (SSSR count). The summed E-state index contributed by atoms with van der Waals surface area (Å²) in [6.45, 7) is 4.35. The fraction of sp³-hybridized carbons (Fsp3) is 0.435. The highest BCUT2D eigenvalue weighted by molar-refractivity contribution is 7.80. The second kappa shape index (κ2) is 10.6. The van der Waals surface area contributed by atoms with Crippen LogP contribution in [-0.4, -0.2) is 73.6 Å². The van der Waals surface area contributed by atoms with E-state index in [-0.39, 0.29) is 11.3 Å². The van der Waals surface area contributed by atoms with Gasteiger partial charge in [-0.2, -0.15) is 13.2 Å². The Bertz CT molecular complexity index is 1030. The lowest BCUT2D eigenvalue weighted by Crippen LogP contribution is -2.46. The maximum absolute atomic E-state index is 12.7. The molecule has 8 nitrogen and oxygen atoms in total. The van der Waals surface area contributed by atoms with Crippen LogP contribution in [-0.2, 0) is 22.2 Å². The number of alkyl halides is 3. The number of hydrogen-bond donors (Lipinski definition) is 1. The number of nitrogens with zero attached hydrogens (tertiary/aromatic N) is 4. The van der Waals surface area contributed by atoms with E-state index in [1.165, 1.54) is 24.1 Å². The Kier molecular flexibility index (Phi) is 7.60. The van der Waals surface area contributed by atoms with Crippen molar-refractivity contribution in [3.05, 3.63) is 53.7 Å². The molecule has 0 saturated carbocycles. The molecule has 1 amide bonds. The number of cyclic esters (lactones) is 1. The minimum Gasteiger partial charge on any atom is -0.474 e. The van der Waals surface area contributed by atoms with Gasteiger partial charge >= 0.3 is 12.3 Å². The van der Waals surface area contributed by atoms with E-state index in [0.717, 1.165) is 49.7 Å². The zero-order valence-electron chi connectivity index (χ0n) is 19.1. The molecule has 1 aromatic heterocycles. The van der Waals surface area contributed by atoms with Crippen molar-refractivity contribution in [2.75, 3.05) is 56.2 Å². The molecule has 12 heteroatoms. The van der Waals surface area contributed by atoms with Crippen LogP contribution in [0.3, 0.4) is 0 Å². The number of thiocarbonyl (C=S) groups is 1. The topological polar surface area (TPSA) is 70.2 Å². The second-order valence-corrected chi connectivity index (χ2v) is 8.69. The highest BCUT2D eigenvalue weighted by Crippen LogP contribution is 2.29. The Morgan fingerprint density at radius 2 is 1.89 bits per heavy atom. The normalized spacial score (nSPS) is 19.0. The van der Waals surface area contributed by atoms with E-state index in [4.69, 9.17) is 21.7 Å². The van der Waals surface area contributed by atoms with Crippen molar-refractivity contribution in [3.8, 4) is 0 Å². The standard InChI is InChI=1S/C23H26F3N5O3S/c1-33-21(35)28-13-19-15-31(22(32)34-19)18-6-7-20(27-12-18)30-10-8-29(9-11-30)14-16-2-4-17(5-3-16)23(24,25)26/h2-7,12,19H,8-11,13-15H2,1H3,(H,28,35)/t19-/m0/s1. The third-order valence-electron chi connectivity index (χ3n) is 5.96. The molecule has 0 radical (unpaired) electrons. The fourth-order valence-corrected chi connectivity index (χ4v) is 4.11. The van der Waals surface area contributed by atoms with Crippen LogP contribution in [0, 0.1) is 0 Å². The van der Waals surface area contributed by atoms with Crippen molar-refractivity contribution in [1.82, 2.24) is 15.2 Å². The van der Waals surface area contributed by atoms with Gasteiger partial charge in [-0.3, -0.25) is 9.80 Å². The third kappa shape index (κ3) is 6.31. The van der Waals surface area contributed by atoms with Crippen LogP contribution < -0.4 is 15.1 Å². The number of nitrogens with one attached hydrogen (secondary N) is 1. The summed E-state index contributed by atoms with van der Waals surface area (Å²) < 4.78 is 48.5. The third-order valence-corrected chi connectivity index (χ3v) is 6.27. The summed E-state index contributed by atoms with van der Waals surface area (Å²) in [4.78, 5) is 22.7. The zero-order valence-corrected chi connectivity index (χ0v) is 19.9. The summed E-state index contributed by atoms with van der Waals surface area (Å²) in [5, 5.41) is 3.12. The minimum absolute atomic E-state index is 0.241. The first-order valence-corrected chi connectivity index (χ1v) is 11.5. The van der Waals surface area contributed by atoms with Crippen LogP contribution in [0.15, 0.2) is 42.6 Å². The maximum Gasteiger partial charge on any atom is 0.416 e. The number of anilines is 2. The molecular weight excluding hydrogens is 483 g/mol. The summed E-state index contributed by atoms with van der Waals surface area (Å²) in [6, 6.07) is 9.03. The maximum atomic E-state index is 12.7. The zero-order chi connectivity index (χ0) is 25.0. The van der Waals surface area contributed by atoms with E-state index in [2.05, 4.69) is 20.1 Å². The molecule has 0 spiro atoms. The Hall–Kier alpha value is -3.12. The molecule has 0 aliphatic carbocycles. The summed E-state index contributed by atoms with van der Waals surface area (Å²) in [7, 11) is 1.47. The SMILES string of the molecule is COC(=S)NC[C@H]1CN(c2ccc(N3CCN(Cc4ccc(C(F)(F)F)cc4)CC3)nc2)C(=O)O1. The lowest BCUT2D eigenvalue weighted by molar-refractivity contribution is -0.137. The summed E-state index contributed by atoms with van der Waals surface area (Å²) in [5.41, 5.74) is 0.866. The van der Waals surface area contributed by atoms with Crippen molar-refractivity contribution < 1.29 is 27.4 Å². The highest BCUT2D eigenvalue weighted by Gasteiger charge is 2.33. The Labute approximate surface area is 206 Å². The molecule has 3 heterocycles. The van der Waals surface area contributed by atoms with Crippen molar-refractivity contribution in [2.24, 2.45) is 0 Å². The van der Waals surface area contributed by atoms with Crippen molar-refractivity contribution in [1.29, 1.82) is 0 Å². The van der Waals surface area contributed by atoms with Crippen molar-refractivity contribution >= 4 is 35.0 Å². The van der Waals surface area contributed by atoms with Crippen LogP contribution >= 0.6 is 12.2 Å². The summed E-state index contributed by atoms with van der Waals surface area (Å²) in [6.07, 6.45) is -3.46. The lowest BCUT2D eigenvalue weighted by Gasteiger charge is -2.35. The van der Waals surface area contributed by atoms with E-state index < -0.39 is 17.8 Å². The molecule has 0 unspecified atom stereocenters. The monoisotopic (exact) mass is 509 g/mol. The van der Waals surface area contributed by atoms with Gasteiger partial charge in [0.15, 0.2) is 0 Å².